The Bertz CT molecular complexity index is 650. The second kappa shape index (κ2) is 8.99. The first-order chi connectivity index (χ1) is 10.8. The fourth-order valence-corrected chi connectivity index (χ4v) is 3.60. The van der Waals surface area contributed by atoms with Crippen LogP contribution in [-0.4, -0.2) is 33.6 Å². The molecule has 1 rings (SSSR count). The van der Waals surface area contributed by atoms with Crippen molar-refractivity contribution in [3.63, 3.8) is 0 Å². The third kappa shape index (κ3) is 5.92. The van der Waals surface area contributed by atoms with Gasteiger partial charge in [-0.15, -0.1) is 11.3 Å². The molecule has 0 atom stereocenters. The normalized spacial score (nSPS) is 11.3. The molecular formula is C14H21NO6S2. The number of carbonyl (C=O) groups excluding carboxylic acids is 2. The number of carbonyl (C=O) groups is 2. The summed E-state index contributed by atoms with van der Waals surface area (Å²) in [6.07, 6.45) is 3.04. The Morgan fingerprint density at radius 1 is 1.09 bits per heavy atom. The summed E-state index contributed by atoms with van der Waals surface area (Å²) >= 11 is 0.710. The summed E-state index contributed by atoms with van der Waals surface area (Å²) in [4.78, 5) is 23.3. The van der Waals surface area contributed by atoms with Crippen LogP contribution in [0.5, 0.6) is 0 Å². The van der Waals surface area contributed by atoms with Crippen LogP contribution in [0, 0.1) is 0 Å². The van der Waals surface area contributed by atoms with E-state index in [0.717, 1.165) is 18.9 Å². The van der Waals surface area contributed by atoms with Gasteiger partial charge in [-0.2, -0.15) is 0 Å². The molecular weight excluding hydrogens is 342 g/mol. The summed E-state index contributed by atoms with van der Waals surface area (Å²) in [5.74, 6) is -1.49. The van der Waals surface area contributed by atoms with Crippen molar-refractivity contribution in [2.45, 2.75) is 44.4 Å². The number of unbranched alkanes of at least 4 members (excludes halogenated alkanes) is 2. The van der Waals surface area contributed by atoms with Gasteiger partial charge in [-0.1, -0.05) is 26.7 Å². The Hall–Kier alpha value is -1.45. The van der Waals surface area contributed by atoms with Crippen LogP contribution in [0.2, 0.25) is 0 Å². The van der Waals surface area contributed by atoms with Gasteiger partial charge in [0.05, 0.1) is 13.2 Å². The van der Waals surface area contributed by atoms with Crippen LogP contribution < -0.4 is 5.14 Å². The van der Waals surface area contributed by atoms with E-state index in [0.29, 0.717) is 24.2 Å². The van der Waals surface area contributed by atoms with Crippen molar-refractivity contribution in [2.24, 2.45) is 5.14 Å². The highest BCUT2D eigenvalue weighted by Crippen LogP contribution is 2.27. The van der Waals surface area contributed by atoms with Crippen LogP contribution >= 0.6 is 11.3 Å². The number of ether oxygens (including phenoxy) is 2. The molecule has 0 fully saturated rings. The van der Waals surface area contributed by atoms with Crippen molar-refractivity contribution < 1.29 is 27.5 Å². The smallest absolute Gasteiger partial charge is 0.349 e. The van der Waals surface area contributed by atoms with Crippen LogP contribution in [0.3, 0.4) is 0 Å². The Morgan fingerprint density at radius 2 is 1.61 bits per heavy atom. The first-order valence-electron chi connectivity index (χ1n) is 7.32. The van der Waals surface area contributed by atoms with Crippen molar-refractivity contribution in [3.8, 4) is 0 Å². The van der Waals surface area contributed by atoms with Gasteiger partial charge >= 0.3 is 11.9 Å². The molecule has 9 heteroatoms. The molecule has 0 aliphatic carbocycles. The van der Waals surface area contributed by atoms with Gasteiger partial charge < -0.3 is 9.47 Å². The van der Waals surface area contributed by atoms with Crippen LogP contribution in [0.25, 0.3) is 0 Å². The molecule has 2 N–H and O–H groups in total. The second-order valence-corrected chi connectivity index (χ2v) is 7.41. The lowest BCUT2D eigenvalue weighted by Gasteiger charge is -2.03. The highest BCUT2D eigenvalue weighted by atomic mass is 32.2. The minimum absolute atomic E-state index is 0.00701. The summed E-state index contributed by atoms with van der Waals surface area (Å²) in [7, 11) is -4.15. The van der Waals surface area contributed by atoms with Crippen LogP contribution in [-0.2, 0) is 19.5 Å². The molecule has 1 heterocycles. The Kier molecular flexibility index (Phi) is 7.66. The van der Waals surface area contributed by atoms with E-state index >= 15 is 0 Å². The van der Waals surface area contributed by atoms with Gasteiger partial charge in [0.2, 0.25) is 10.0 Å². The molecule has 0 aromatic carbocycles. The van der Waals surface area contributed by atoms with Crippen molar-refractivity contribution in [1.29, 1.82) is 0 Å². The lowest BCUT2D eigenvalue weighted by atomic mass is 10.3. The van der Waals surface area contributed by atoms with Gasteiger partial charge in [0.25, 0.3) is 0 Å². The molecule has 0 saturated heterocycles. The van der Waals surface area contributed by atoms with Gasteiger partial charge in [0.1, 0.15) is 14.6 Å². The Labute approximate surface area is 139 Å². The van der Waals surface area contributed by atoms with Crippen LogP contribution in [0.1, 0.15) is 58.9 Å². The Morgan fingerprint density at radius 3 is 2.09 bits per heavy atom. The first kappa shape index (κ1) is 19.6. The number of primary sulfonamides is 1. The number of thiophene rings is 1. The predicted molar refractivity (Wildman–Crippen MR) is 86.1 cm³/mol. The highest BCUT2D eigenvalue weighted by Gasteiger charge is 2.27. The maximum absolute atomic E-state index is 12.0. The topological polar surface area (TPSA) is 113 Å². The average Bonchev–Trinajstić information content (AvgIpc) is 2.93. The molecule has 0 bridgehead atoms. The molecule has 130 valence electrons. The lowest BCUT2D eigenvalue weighted by molar-refractivity contribution is 0.0495. The fraction of sp³-hybridized carbons (Fsp3) is 0.571. The second-order valence-electron chi connectivity index (χ2n) is 4.83. The molecule has 1 aromatic heterocycles. The molecule has 0 amide bonds. The summed E-state index contributed by atoms with van der Waals surface area (Å²) in [5, 5.41) is 5.10. The minimum Gasteiger partial charge on any atom is -0.462 e. The summed E-state index contributed by atoms with van der Waals surface area (Å²) in [6, 6.07) is 1.06. The third-order valence-corrected chi connectivity index (χ3v) is 5.01. The number of nitrogens with two attached hydrogens (primary N) is 1. The van der Waals surface area contributed by atoms with Gasteiger partial charge in [0.15, 0.2) is 0 Å². The van der Waals surface area contributed by atoms with E-state index in [1.54, 1.807) is 0 Å². The molecule has 0 spiro atoms. The van der Waals surface area contributed by atoms with Crippen molar-refractivity contribution in [3.05, 3.63) is 15.8 Å². The SMILES string of the molecule is CCCCOC(=O)c1cc(S(N)(=O)=O)c(C(=O)OCCCC)s1. The zero-order chi connectivity index (χ0) is 17.5. The van der Waals surface area contributed by atoms with Gasteiger partial charge in [0, 0.05) is 0 Å². The van der Waals surface area contributed by atoms with E-state index in [4.69, 9.17) is 14.6 Å². The fourth-order valence-electron chi connectivity index (χ4n) is 1.58. The number of hydrogen-bond donors (Lipinski definition) is 1. The maximum Gasteiger partial charge on any atom is 0.349 e. The summed E-state index contributed by atoms with van der Waals surface area (Å²) in [6.45, 7) is 4.28. The summed E-state index contributed by atoms with van der Waals surface area (Å²) in [5.41, 5.74) is 0. The van der Waals surface area contributed by atoms with Gasteiger partial charge in [-0.05, 0) is 18.9 Å². The molecule has 0 aliphatic heterocycles. The average molecular weight is 363 g/mol. The largest absolute Gasteiger partial charge is 0.462 e. The number of hydrogen-bond acceptors (Lipinski definition) is 7. The monoisotopic (exact) mass is 363 g/mol. The number of esters is 2. The van der Waals surface area contributed by atoms with E-state index in [1.807, 2.05) is 13.8 Å². The maximum atomic E-state index is 12.0. The Balaban J connectivity index is 3.00. The molecule has 0 radical (unpaired) electrons. The molecule has 0 unspecified atom stereocenters. The zero-order valence-electron chi connectivity index (χ0n) is 13.2. The highest BCUT2D eigenvalue weighted by molar-refractivity contribution is 7.89. The molecule has 0 aliphatic rings. The van der Waals surface area contributed by atoms with E-state index in [-0.39, 0.29) is 23.0 Å². The zero-order valence-corrected chi connectivity index (χ0v) is 14.8. The summed E-state index contributed by atoms with van der Waals surface area (Å²) < 4.78 is 33.2. The first-order valence-corrected chi connectivity index (χ1v) is 9.68. The van der Waals surface area contributed by atoms with E-state index in [9.17, 15) is 18.0 Å². The number of sulfonamides is 1. The van der Waals surface area contributed by atoms with E-state index in [1.165, 1.54) is 0 Å². The molecule has 1 aromatic rings. The predicted octanol–water partition coefficient (Wildman–Crippen LogP) is 2.31. The van der Waals surface area contributed by atoms with Gasteiger partial charge in [-0.25, -0.2) is 23.1 Å². The minimum atomic E-state index is -4.15. The van der Waals surface area contributed by atoms with Crippen molar-refractivity contribution in [2.75, 3.05) is 13.2 Å². The van der Waals surface area contributed by atoms with E-state index < -0.39 is 26.9 Å². The third-order valence-electron chi connectivity index (χ3n) is 2.85. The molecule has 7 nitrogen and oxygen atoms in total. The lowest BCUT2D eigenvalue weighted by Crippen LogP contribution is -2.16. The molecule has 23 heavy (non-hydrogen) atoms. The van der Waals surface area contributed by atoms with Gasteiger partial charge in [-0.3, -0.25) is 0 Å². The molecule has 0 saturated carbocycles. The quantitative estimate of drug-likeness (QED) is 0.532. The van der Waals surface area contributed by atoms with Crippen LogP contribution in [0.4, 0.5) is 0 Å². The standard InChI is InChI=1S/C14H21NO6S2/c1-3-5-7-20-13(16)10-9-11(23(15,18)19)12(22-10)14(17)21-8-6-4-2/h9H,3-8H2,1-2H3,(H2,15,18,19). The number of rotatable bonds is 9. The van der Waals surface area contributed by atoms with Crippen molar-refractivity contribution >= 4 is 33.3 Å². The van der Waals surface area contributed by atoms with E-state index in [2.05, 4.69) is 0 Å². The van der Waals surface area contributed by atoms with Crippen molar-refractivity contribution in [1.82, 2.24) is 0 Å². The van der Waals surface area contributed by atoms with Crippen LogP contribution in [0.15, 0.2) is 11.0 Å².